The highest BCUT2D eigenvalue weighted by Gasteiger charge is 2.14. The second-order valence-electron chi connectivity index (χ2n) is 5.02. The molecule has 0 saturated carbocycles. The van der Waals surface area contributed by atoms with Gasteiger partial charge in [-0.05, 0) is 48.5 Å². The van der Waals surface area contributed by atoms with Gasteiger partial charge in [0.1, 0.15) is 17.5 Å². The Balaban J connectivity index is 2.31. The molecule has 122 valence electrons. The van der Waals surface area contributed by atoms with Crippen LogP contribution in [0, 0.1) is 11.6 Å². The minimum atomic E-state index is -0.648. The predicted octanol–water partition coefficient (Wildman–Crippen LogP) is 2.31. The van der Waals surface area contributed by atoms with E-state index in [9.17, 15) is 18.4 Å². The smallest absolute Gasteiger partial charge is 0.341 e. The Morgan fingerprint density at radius 3 is 1.71 bits per heavy atom. The predicted molar refractivity (Wildman–Crippen MR) is 87.1 cm³/mol. The lowest BCUT2D eigenvalue weighted by atomic mass is 10.3. The van der Waals surface area contributed by atoms with Crippen LogP contribution in [-0.4, -0.2) is 16.2 Å². The fourth-order valence-electron chi connectivity index (χ4n) is 2.39. The summed E-state index contributed by atoms with van der Waals surface area (Å²) in [6.45, 7) is 0. The maximum atomic E-state index is 13.1. The molecule has 0 saturated heterocycles. The SMILES string of the molecule is CNc1cc(=O)n(-c2ccc(F)cc2)c(=O)n1-c1ccc(F)cc1. The topological polar surface area (TPSA) is 56.0 Å². The molecule has 0 aliphatic carbocycles. The summed E-state index contributed by atoms with van der Waals surface area (Å²) in [4.78, 5) is 25.1. The molecule has 3 aromatic rings. The van der Waals surface area contributed by atoms with Crippen molar-refractivity contribution in [1.82, 2.24) is 9.13 Å². The molecule has 5 nitrogen and oxygen atoms in total. The Labute approximate surface area is 135 Å². The largest absolute Gasteiger partial charge is 0.374 e. The van der Waals surface area contributed by atoms with Gasteiger partial charge in [0, 0.05) is 13.1 Å². The van der Waals surface area contributed by atoms with Gasteiger partial charge in [-0.3, -0.25) is 4.79 Å². The van der Waals surface area contributed by atoms with Crippen molar-refractivity contribution in [3.05, 3.63) is 87.1 Å². The van der Waals surface area contributed by atoms with E-state index in [4.69, 9.17) is 0 Å². The number of benzene rings is 2. The molecule has 0 amide bonds. The number of nitrogens with zero attached hydrogens (tertiary/aromatic N) is 2. The lowest BCUT2D eigenvalue weighted by Gasteiger charge is -2.15. The molecular formula is C17H13F2N3O2. The normalized spacial score (nSPS) is 10.6. The van der Waals surface area contributed by atoms with Crippen molar-refractivity contribution in [2.24, 2.45) is 0 Å². The van der Waals surface area contributed by atoms with Crippen LogP contribution in [0.4, 0.5) is 14.6 Å². The third-order valence-electron chi connectivity index (χ3n) is 3.53. The van der Waals surface area contributed by atoms with Crippen LogP contribution >= 0.6 is 0 Å². The van der Waals surface area contributed by atoms with Gasteiger partial charge in [-0.1, -0.05) is 0 Å². The van der Waals surface area contributed by atoms with Crippen molar-refractivity contribution in [2.45, 2.75) is 0 Å². The van der Waals surface area contributed by atoms with E-state index < -0.39 is 22.9 Å². The number of aromatic nitrogens is 2. The van der Waals surface area contributed by atoms with Crippen LogP contribution in [0.2, 0.25) is 0 Å². The summed E-state index contributed by atoms with van der Waals surface area (Å²) in [7, 11) is 1.57. The Kier molecular flexibility index (Phi) is 3.99. The van der Waals surface area contributed by atoms with Crippen molar-refractivity contribution >= 4 is 5.82 Å². The molecule has 2 aromatic carbocycles. The van der Waals surface area contributed by atoms with Crippen LogP contribution in [0.1, 0.15) is 0 Å². The highest BCUT2D eigenvalue weighted by Crippen LogP contribution is 2.13. The van der Waals surface area contributed by atoms with Gasteiger partial charge in [0.05, 0.1) is 11.4 Å². The number of rotatable bonds is 3. The van der Waals surface area contributed by atoms with Crippen LogP contribution in [0.5, 0.6) is 0 Å². The minimum Gasteiger partial charge on any atom is -0.374 e. The molecule has 0 spiro atoms. The van der Waals surface area contributed by atoms with Gasteiger partial charge < -0.3 is 5.32 Å². The standard InChI is InChI=1S/C17H13F2N3O2/c1-20-15-10-16(23)22(14-8-4-12(19)5-9-14)17(24)21(15)13-6-2-11(18)3-7-13/h2-10,20H,1H3. The summed E-state index contributed by atoms with van der Waals surface area (Å²) in [6, 6.07) is 11.5. The number of halogens is 2. The van der Waals surface area contributed by atoms with Gasteiger partial charge in [-0.25, -0.2) is 22.7 Å². The number of hydrogen-bond donors (Lipinski definition) is 1. The second kappa shape index (κ2) is 6.11. The zero-order valence-corrected chi connectivity index (χ0v) is 12.7. The monoisotopic (exact) mass is 329 g/mol. The van der Waals surface area contributed by atoms with Gasteiger partial charge in [0.25, 0.3) is 5.56 Å². The summed E-state index contributed by atoms with van der Waals surface area (Å²) in [5, 5.41) is 2.77. The maximum absolute atomic E-state index is 13.1. The molecular weight excluding hydrogens is 316 g/mol. The average molecular weight is 329 g/mol. The first-order valence-electron chi connectivity index (χ1n) is 7.10. The molecule has 7 heteroatoms. The maximum Gasteiger partial charge on any atom is 0.341 e. The molecule has 0 radical (unpaired) electrons. The van der Waals surface area contributed by atoms with E-state index >= 15 is 0 Å². The Bertz CT molecular complexity index is 990. The van der Waals surface area contributed by atoms with Crippen molar-refractivity contribution in [3.8, 4) is 11.4 Å². The summed E-state index contributed by atoms with van der Waals surface area (Å²) in [5.41, 5.74) is -0.578. The van der Waals surface area contributed by atoms with Crippen molar-refractivity contribution in [2.75, 3.05) is 12.4 Å². The number of nitrogens with one attached hydrogen (secondary N) is 1. The van der Waals surface area contributed by atoms with Crippen LogP contribution in [0.25, 0.3) is 11.4 Å². The van der Waals surface area contributed by atoms with E-state index in [1.807, 2.05) is 0 Å². The Hall–Kier alpha value is -3.22. The fraction of sp³-hybridized carbons (Fsp3) is 0.0588. The molecule has 1 N–H and O–H groups in total. The van der Waals surface area contributed by atoms with Crippen molar-refractivity contribution < 1.29 is 8.78 Å². The minimum absolute atomic E-state index is 0.241. The van der Waals surface area contributed by atoms with E-state index in [-0.39, 0.29) is 11.5 Å². The number of hydrogen-bond acceptors (Lipinski definition) is 3. The summed E-state index contributed by atoms with van der Waals surface area (Å²) in [6.07, 6.45) is 0. The summed E-state index contributed by atoms with van der Waals surface area (Å²) < 4.78 is 28.4. The first-order chi connectivity index (χ1) is 11.5. The van der Waals surface area contributed by atoms with Gasteiger partial charge >= 0.3 is 5.69 Å². The Morgan fingerprint density at radius 1 is 0.792 bits per heavy atom. The quantitative estimate of drug-likeness (QED) is 0.802. The lowest BCUT2D eigenvalue weighted by Crippen LogP contribution is -2.38. The van der Waals surface area contributed by atoms with Crippen LogP contribution < -0.4 is 16.6 Å². The van der Waals surface area contributed by atoms with Crippen molar-refractivity contribution in [1.29, 1.82) is 0 Å². The molecule has 0 atom stereocenters. The first-order valence-corrected chi connectivity index (χ1v) is 7.10. The van der Waals surface area contributed by atoms with Gasteiger partial charge in [0.2, 0.25) is 0 Å². The van der Waals surface area contributed by atoms with E-state index in [1.54, 1.807) is 7.05 Å². The van der Waals surface area contributed by atoms with Gasteiger partial charge in [-0.2, -0.15) is 0 Å². The molecule has 24 heavy (non-hydrogen) atoms. The fourth-order valence-corrected chi connectivity index (χ4v) is 2.39. The van der Waals surface area contributed by atoms with Crippen LogP contribution in [0.15, 0.2) is 64.2 Å². The molecule has 0 aliphatic rings. The molecule has 1 aromatic heterocycles. The second-order valence-corrected chi connectivity index (χ2v) is 5.02. The van der Waals surface area contributed by atoms with Crippen molar-refractivity contribution in [3.63, 3.8) is 0 Å². The zero-order valence-electron chi connectivity index (χ0n) is 12.7. The zero-order chi connectivity index (χ0) is 17.3. The summed E-state index contributed by atoms with van der Waals surface area (Å²) in [5.74, 6) is -0.655. The molecule has 0 fully saturated rings. The van der Waals surface area contributed by atoms with E-state index in [0.717, 1.165) is 16.7 Å². The highest BCUT2D eigenvalue weighted by molar-refractivity contribution is 5.46. The number of anilines is 1. The molecule has 0 bridgehead atoms. The summed E-state index contributed by atoms with van der Waals surface area (Å²) >= 11 is 0. The molecule has 0 unspecified atom stereocenters. The van der Waals surface area contributed by atoms with Crippen LogP contribution in [0.3, 0.4) is 0 Å². The molecule has 1 heterocycles. The molecule has 3 rings (SSSR count). The third kappa shape index (κ3) is 2.71. The third-order valence-corrected chi connectivity index (χ3v) is 3.53. The van der Waals surface area contributed by atoms with E-state index in [2.05, 4.69) is 5.32 Å². The lowest BCUT2D eigenvalue weighted by molar-refractivity contribution is 0.626. The average Bonchev–Trinajstić information content (AvgIpc) is 2.57. The molecule has 0 aliphatic heterocycles. The van der Waals surface area contributed by atoms with E-state index in [1.165, 1.54) is 47.0 Å². The van der Waals surface area contributed by atoms with Gasteiger partial charge in [0.15, 0.2) is 0 Å². The van der Waals surface area contributed by atoms with E-state index in [0.29, 0.717) is 5.69 Å². The highest BCUT2D eigenvalue weighted by atomic mass is 19.1. The Morgan fingerprint density at radius 2 is 1.25 bits per heavy atom. The van der Waals surface area contributed by atoms with Crippen LogP contribution in [-0.2, 0) is 0 Å². The first kappa shape index (κ1) is 15.7. The van der Waals surface area contributed by atoms with Gasteiger partial charge in [-0.15, -0.1) is 0 Å².